The van der Waals surface area contributed by atoms with E-state index < -0.39 is 10.0 Å². The molecule has 1 aromatic carbocycles. The molecule has 0 amide bonds. The fourth-order valence-corrected chi connectivity index (χ4v) is 3.19. The van der Waals surface area contributed by atoms with Crippen molar-refractivity contribution in [1.82, 2.24) is 4.31 Å². The summed E-state index contributed by atoms with van der Waals surface area (Å²) in [5.41, 5.74) is 6.23. The Kier molecular flexibility index (Phi) is 5.85. The molecule has 0 spiro atoms. The number of carbonyl (C=O) groups is 1. The summed E-state index contributed by atoms with van der Waals surface area (Å²) in [4.78, 5) is 11.9. The molecule has 0 unspecified atom stereocenters. The number of methoxy groups -OCH3 is 1. The monoisotopic (exact) mass is 318 g/mol. The number of benzene rings is 1. The van der Waals surface area contributed by atoms with Crippen molar-refractivity contribution in [1.29, 1.82) is 0 Å². The van der Waals surface area contributed by atoms with E-state index in [1.165, 1.54) is 45.1 Å². The van der Waals surface area contributed by atoms with Crippen LogP contribution < -0.4 is 5.73 Å². The van der Waals surface area contributed by atoms with E-state index in [-0.39, 0.29) is 17.3 Å². The number of nitrogen functional groups attached to an aromatic ring is 1. The highest BCUT2D eigenvalue weighted by molar-refractivity contribution is 7.99. The van der Waals surface area contributed by atoms with Crippen LogP contribution in [0.25, 0.3) is 0 Å². The van der Waals surface area contributed by atoms with Gasteiger partial charge in [-0.25, -0.2) is 12.7 Å². The van der Waals surface area contributed by atoms with Crippen LogP contribution in [0.3, 0.4) is 0 Å². The van der Waals surface area contributed by atoms with Gasteiger partial charge in [-0.3, -0.25) is 4.79 Å². The fourth-order valence-electron chi connectivity index (χ4n) is 1.38. The quantitative estimate of drug-likeness (QED) is 0.481. The van der Waals surface area contributed by atoms with Crippen molar-refractivity contribution in [2.45, 2.75) is 16.2 Å². The highest BCUT2D eigenvalue weighted by Gasteiger charge is 2.18. The van der Waals surface area contributed by atoms with E-state index in [2.05, 4.69) is 4.74 Å². The number of carbonyl (C=O) groups excluding carboxylic acids is 1. The number of esters is 1. The molecule has 20 heavy (non-hydrogen) atoms. The number of sulfonamides is 1. The molecule has 0 fully saturated rings. The summed E-state index contributed by atoms with van der Waals surface area (Å²) in [7, 11) is 0.777. The number of nitrogens with zero attached hydrogens (tertiary/aromatic N) is 1. The summed E-state index contributed by atoms with van der Waals surface area (Å²) in [5.74, 6) is 0.235. The minimum absolute atomic E-state index is 0.150. The van der Waals surface area contributed by atoms with Crippen LogP contribution >= 0.6 is 11.8 Å². The van der Waals surface area contributed by atoms with Crippen LogP contribution in [-0.4, -0.2) is 45.7 Å². The molecule has 112 valence electrons. The summed E-state index contributed by atoms with van der Waals surface area (Å²) in [6.07, 6.45) is 0.276. The maximum absolute atomic E-state index is 11.9. The summed E-state index contributed by atoms with van der Waals surface area (Å²) in [6.45, 7) is 0. The van der Waals surface area contributed by atoms with Gasteiger partial charge in [-0.05, 0) is 18.2 Å². The third-order valence-corrected chi connectivity index (χ3v) is 5.45. The molecule has 0 aliphatic rings. The molecule has 0 aromatic heterocycles. The van der Waals surface area contributed by atoms with Crippen molar-refractivity contribution in [3.63, 3.8) is 0 Å². The van der Waals surface area contributed by atoms with E-state index in [0.717, 1.165) is 9.20 Å². The first-order chi connectivity index (χ1) is 9.28. The summed E-state index contributed by atoms with van der Waals surface area (Å²) >= 11 is 1.38. The molecule has 1 rings (SSSR count). The normalized spacial score (nSPS) is 11.6. The topological polar surface area (TPSA) is 89.7 Å². The number of nitrogens with two attached hydrogens (primary N) is 1. The van der Waals surface area contributed by atoms with E-state index in [9.17, 15) is 13.2 Å². The second-order valence-electron chi connectivity index (χ2n) is 4.16. The van der Waals surface area contributed by atoms with Crippen LogP contribution in [0.1, 0.15) is 6.42 Å². The van der Waals surface area contributed by atoms with E-state index >= 15 is 0 Å². The molecular weight excluding hydrogens is 300 g/mol. The standard InChI is InChI=1S/C12H18N2O4S2/c1-14(2)20(16,17)9-4-5-11(10(13)8-9)19-7-6-12(15)18-3/h4-5,8H,6-7,13H2,1-3H3. The van der Waals surface area contributed by atoms with Gasteiger partial charge >= 0.3 is 5.97 Å². The zero-order chi connectivity index (χ0) is 15.3. The molecule has 2 N–H and O–H groups in total. The Bertz CT molecular complexity index is 585. The number of hydrogen-bond donors (Lipinski definition) is 1. The van der Waals surface area contributed by atoms with Gasteiger partial charge in [-0.15, -0.1) is 11.8 Å². The molecule has 0 saturated carbocycles. The van der Waals surface area contributed by atoms with Gasteiger partial charge in [0.1, 0.15) is 0 Å². The Morgan fingerprint density at radius 2 is 2.05 bits per heavy atom. The SMILES string of the molecule is COC(=O)CCSc1ccc(S(=O)(=O)N(C)C)cc1N. The molecular formula is C12H18N2O4S2. The Balaban J connectivity index is 2.82. The van der Waals surface area contributed by atoms with Crippen molar-refractivity contribution in [3.05, 3.63) is 18.2 Å². The molecule has 1 aromatic rings. The van der Waals surface area contributed by atoms with Gasteiger partial charge in [0.15, 0.2) is 0 Å². The number of anilines is 1. The van der Waals surface area contributed by atoms with Gasteiger partial charge in [0.05, 0.1) is 18.4 Å². The predicted molar refractivity (Wildman–Crippen MR) is 79.1 cm³/mol. The second-order valence-corrected chi connectivity index (χ2v) is 7.45. The van der Waals surface area contributed by atoms with Crippen LogP contribution in [0, 0.1) is 0 Å². The zero-order valence-electron chi connectivity index (χ0n) is 11.6. The maximum atomic E-state index is 11.9. The third kappa shape index (κ3) is 4.12. The second kappa shape index (κ2) is 6.96. The summed E-state index contributed by atoms with van der Waals surface area (Å²) in [5, 5.41) is 0. The molecule has 0 heterocycles. The van der Waals surface area contributed by atoms with Crippen molar-refractivity contribution >= 4 is 33.4 Å². The molecule has 0 atom stereocenters. The average Bonchev–Trinajstić information content (AvgIpc) is 2.39. The smallest absolute Gasteiger partial charge is 0.306 e. The van der Waals surface area contributed by atoms with Gasteiger partial charge in [-0.2, -0.15) is 0 Å². The van der Waals surface area contributed by atoms with E-state index in [1.54, 1.807) is 6.07 Å². The van der Waals surface area contributed by atoms with Gasteiger partial charge in [0, 0.05) is 30.4 Å². The van der Waals surface area contributed by atoms with Crippen molar-refractivity contribution in [3.8, 4) is 0 Å². The molecule has 0 radical (unpaired) electrons. The van der Waals surface area contributed by atoms with Crippen LogP contribution in [0.5, 0.6) is 0 Å². The first kappa shape index (κ1) is 16.8. The Morgan fingerprint density at radius 3 is 2.55 bits per heavy atom. The Labute approximate surface area is 123 Å². The molecule has 0 saturated heterocycles. The lowest BCUT2D eigenvalue weighted by atomic mass is 10.3. The predicted octanol–water partition coefficient (Wildman–Crippen LogP) is 1.17. The van der Waals surface area contributed by atoms with Crippen molar-refractivity contribution in [2.24, 2.45) is 0 Å². The summed E-state index contributed by atoms with van der Waals surface area (Å²) in [6, 6.07) is 4.58. The maximum Gasteiger partial charge on any atom is 0.306 e. The molecule has 0 aliphatic carbocycles. The highest BCUT2D eigenvalue weighted by atomic mass is 32.2. The van der Waals surface area contributed by atoms with E-state index in [1.807, 2.05) is 0 Å². The van der Waals surface area contributed by atoms with Crippen molar-refractivity contribution < 1.29 is 17.9 Å². The number of thioether (sulfide) groups is 1. The van der Waals surface area contributed by atoms with Crippen molar-refractivity contribution in [2.75, 3.05) is 32.7 Å². The lowest BCUT2D eigenvalue weighted by Gasteiger charge is -2.13. The third-order valence-electron chi connectivity index (χ3n) is 2.55. The summed E-state index contributed by atoms with van der Waals surface area (Å²) < 4.78 is 29.6. The first-order valence-corrected chi connectivity index (χ1v) is 8.23. The first-order valence-electron chi connectivity index (χ1n) is 5.80. The lowest BCUT2D eigenvalue weighted by molar-refractivity contribution is -0.140. The Hall–Kier alpha value is -1.25. The number of hydrogen-bond acceptors (Lipinski definition) is 6. The largest absolute Gasteiger partial charge is 0.469 e. The number of rotatable bonds is 6. The minimum Gasteiger partial charge on any atom is -0.469 e. The average molecular weight is 318 g/mol. The lowest BCUT2D eigenvalue weighted by Crippen LogP contribution is -2.22. The Morgan fingerprint density at radius 1 is 1.40 bits per heavy atom. The van der Waals surface area contributed by atoms with E-state index in [4.69, 9.17) is 5.73 Å². The van der Waals surface area contributed by atoms with Gasteiger partial charge < -0.3 is 10.5 Å². The fraction of sp³-hybridized carbons (Fsp3) is 0.417. The molecule has 6 nitrogen and oxygen atoms in total. The zero-order valence-corrected chi connectivity index (χ0v) is 13.3. The van der Waals surface area contributed by atoms with Crippen LogP contribution in [-0.2, 0) is 19.6 Å². The van der Waals surface area contributed by atoms with E-state index in [0.29, 0.717) is 11.4 Å². The molecule has 0 bridgehead atoms. The van der Waals surface area contributed by atoms with Crippen LogP contribution in [0.4, 0.5) is 5.69 Å². The van der Waals surface area contributed by atoms with Gasteiger partial charge in [0.25, 0.3) is 0 Å². The highest BCUT2D eigenvalue weighted by Crippen LogP contribution is 2.28. The van der Waals surface area contributed by atoms with Gasteiger partial charge in [0.2, 0.25) is 10.0 Å². The van der Waals surface area contributed by atoms with Crippen LogP contribution in [0.15, 0.2) is 28.0 Å². The van der Waals surface area contributed by atoms with Crippen LogP contribution in [0.2, 0.25) is 0 Å². The van der Waals surface area contributed by atoms with Gasteiger partial charge in [-0.1, -0.05) is 0 Å². The number of ether oxygens (including phenoxy) is 1. The minimum atomic E-state index is -3.48. The molecule has 8 heteroatoms. The molecule has 0 aliphatic heterocycles.